The van der Waals surface area contributed by atoms with Crippen molar-refractivity contribution in [2.75, 3.05) is 0 Å². The van der Waals surface area contributed by atoms with Gasteiger partial charge in [0.05, 0.1) is 6.61 Å². The molecule has 0 aromatic carbocycles. The van der Waals surface area contributed by atoms with E-state index in [1.54, 1.807) is 0 Å². The molecule has 0 aliphatic carbocycles. The average Bonchev–Trinajstić information content (AvgIpc) is 2.26. The van der Waals surface area contributed by atoms with E-state index in [9.17, 15) is 0 Å². The van der Waals surface area contributed by atoms with E-state index in [4.69, 9.17) is 5.11 Å². The molecule has 2 heteroatoms. The molecule has 0 unspecified atom stereocenters. The smallest absolute Gasteiger partial charge is 0.0699 e. The first-order chi connectivity index (χ1) is 5.20. The Morgan fingerprint density at radius 2 is 2.09 bits per heavy atom. The Balaban J connectivity index is 3.14. The Bertz CT molecular complexity index is 250. The SMILES string of the molecule is CCn1c(C)cc(CO)c1C. The van der Waals surface area contributed by atoms with Crippen LogP contribution in [0.2, 0.25) is 0 Å². The standard InChI is InChI=1S/C9H15NO/c1-4-10-7(2)5-9(6-11)8(10)3/h5,11H,4,6H2,1-3H3. The van der Waals surface area contributed by atoms with Gasteiger partial charge in [-0.05, 0) is 32.4 Å². The molecular weight excluding hydrogens is 138 g/mol. The van der Waals surface area contributed by atoms with Crippen LogP contribution in [0.5, 0.6) is 0 Å². The number of nitrogens with zero attached hydrogens (tertiary/aromatic N) is 1. The fraction of sp³-hybridized carbons (Fsp3) is 0.556. The van der Waals surface area contributed by atoms with E-state index >= 15 is 0 Å². The molecule has 0 radical (unpaired) electrons. The van der Waals surface area contributed by atoms with Crippen LogP contribution in [0.3, 0.4) is 0 Å². The average molecular weight is 153 g/mol. The lowest BCUT2D eigenvalue weighted by atomic mass is 10.2. The van der Waals surface area contributed by atoms with Crippen molar-refractivity contribution in [2.24, 2.45) is 0 Å². The molecule has 0 aliphatic heterocycles. The van der Waals surface area contributed by atoms with Gasteiger partial charge in [-0.2, -0.15) is 0 Å². The third kappa shape index (κ3) is 1.31. The Morgan fingerprint density at radius 3 is 2.36 bits per heavy atom. The quantitative estimate of drug-likeness (QED) is 0.686. The van der Waals surface area contributed by atoms with E-state index in [0.29, 0.717) is 0 Å². The van der Waals surface area contributed by atoms with Gasteiger partial charge in [-0.3, -0.25) is 0 Å². The predicted octanol–water partition coefficient (Wildman–Crippen LogP) is 1.62. The van der Waals surface area contributed by atoms with Crippen molar-refractivity contribution in [3.8, 4) is 0 Å². The highest BCUT2D eigenvalue weighted by Gasteiger charge is 2.05. The fourth-order valence-corrected chi connectivity index (χ4v) is 1.52. The molecule has 0 bridgehead atoms. The number of aryl methyl sites for hydroxylation is 1. The summed E-state index contributed by atoms with van der Waals surface area (Å²) in [4.78, 5) is 0. The summed E-state index contributed by atoms with van der Waals surface area (Å²) < 4.78 is 2.20. The lowest BCUT2D eigenvalue weighted by Crippen LogP contribution is -1.99. The molecule has 0 saturated carbocycles. The van der Waals surface area contributed by atoms with Gasteiger partial charge in [0.1, 0.15) is 0 Å². The van der Waals surface area contributed by atoms with Gasteiger partial charge in [-0.15, -0.1) is 0 Å². The van der Waals surface area contributed by atoms with Gasteiger partial charge >= 0.3 is 0 Å². The minimum atomic E-state index is 0.152. The summed E-state index contributed by atoms with van der Waals surface area (Å²) in [5.74, 6) is 0. The second-order valence-corrected chi connectivity index (χ2v) is 2.80. The van der Waals surface area contributed by atoms with Gasteiger partial charge in [0, 0.05) is 17.9 Å². The normalized spacial score (nSPS) is 10.5. The highest BCUT2D eigenvalue weighted by molar-refractivity contribution is 5.25. The summed E-state index contributed by atoms with van der Waals surface area (Å²) in [6.07, 6.45) is 0. The Kier molecular flexibility index (Phi) is 2.35. The van der Waals surface area contributed by atoms with Crippen LogP contribution in [0.25, 0.3) is 0 Å². The largest absolute Gasteiger partial charge is 0.392 e. The zero-order valence-electron chi connectivity index (χ0n) is 7.39. The summed E-state index contributed by atoms with van der Waals surface area (Å²) in [7, 11) is 0. The van der Waals surface area contributed by atoms with E-state index in [2.05, 4.69) is 18.4 Å². The van der Waals surface area contributed by atoms with E-state index in [-0.39, 0.29) is 6.61 Å². The van der Waals surface area contributed by atoms with Crippen LogP contribution in [0.1, 0.15) is 23.9 Å². The zero-order chi connectivity index (χ0) is 8.43. The Hall–Kier alpha value is -0.760. The van der Waals surface area contributed by atoms with Crippen molar-refractivity contribution < 1.29 is 5.11 Å². The number of aliphatic hydroxyl groups is 1. The number of hydrogen-bond acceptors (Lipinski definition) is 1. The maximum Gasteiger partial charge on any atom is 0.0699 e. The summed E-state index contributed by atoms with van der Waals surface area (Å²) in [5, 5.41) is 8.94. The molecule has 0 aliphatic rings. The summed E-state index contributed by atoms with van der Waals surface area (Å²) in [5.41, 5.74) is 3.46. The molecule has 1 aromatic heterocycles. The molecule has 0 atom stereocenters. The molecule has 1 heterocycles. The van der Waals surface area contributed by atoms with Gasteiger partial charge in [0.25, 0.3) is 0 Å². The van der Waals surface area contributed by atoms with Crippen molar-refractivity contribution in [1.82, 2.24) is 4.57 Å². The molecule has 0 fully saturated rings. The van der Waals surface area contributed by atoms with Crippen LogP contribution < -0.4 is 0 Å². The molecule has 2 nitrogen and oxygen atoms in total. The minimum absolute atomic E-state index is 0.152. The van der Waals surface area contributed by atoms with Gasteiger partial charge in [-0.1, -0.05) is 0 Å². The number of hydrogen-bond donors (Lipinski definition) is 1. The molecule has 62 valence electrons. The topological polar surface area (TPSA) is 25.2 Å². The van der Waals surface area contributed by atoms with Crippen molar-refractivity contribution >= 4 is 0 Å². The monoisotopic (exact) mass is 153 g/mol. The van der Waals surface area contributed by atoms with Crippen LogP contribution >= 0.6 is 0 Å². The van der Waals surface area contributed by atoms with Crippen molar-refractivity contribution in [3.63, 3.8) is 0 Å². The first-order valence-electron chi connectivity index (χ1n) is 3.97. The van der Waals surface area contributed by atoms with Crippen LogP contribution in [-0.4, -0.2) is 9.67 Å². The highest BCUT2D eigenvalue weighted by Crippen LogP contribution is 2.14. The molecule has 1 aromatic rings. The van der Waals surface area contributed by atoms with E-state index in [1.165, 1.54) is 11.4 Å². The van der Waals surface area contributed by atoms with Gasteiger partial charge in [0.2, 0.25) is 0 Å². The third-order valence-corrected chi connectivity index (χ3v) is 2.17. The molecule has 0 spiro atoms. The molecule has 1 N–H and O–H groups in total. The lowest BCUT2D eigenvalue weighted by molar-refractivity contribution is 0.281. The number of aromatic nitrogens is 1. The lowest BCUT2D eigenvalue weighted by Gasteiger charge is -2.04. The molecular formula is C9H15NO. The second kappa shape index (κ2) is 3.09. The third-order valence-electron chi connectivity index (χ3n) is 2.17. The van der Waals surface area contributed by atoms with Crippen LogP contribution in [-0.2, 0) is 13.2 Å². The van der Waals surface area contributed by atoms with Gasteiger partial charge < -0.3 is 9.67 Å². The molecule has 0 saturated heterocycles. The molecule has 1 rings (SSSR count). The second-order valence-electron chi connectivity index (χ2n) is 2.80. The zero-order valence-corrected chi connectivity index (χ0v) is 7.39. The van der Waals surface area contributed by atoms with Crippen LogP contribution in [0, 0.1) is 13.8 Å². The van der Waals surface area contributed by atoms with Crippen molar-refractivity contribution in [2.45, 2.75) is 33.9 Å². The Morgan fingerprint density at radius 1 is 1.45 bits per heavy atom. The maximum atomic E-state index is 8.94. The summed E-state index contributed by atoms with van der Waals surface area (Å²) in [6.45, 7) is 7.36. The van der Waals surface area contributed by atoms with Crippen LogP contribution in [0.4, 0.5) is 0 Å². The maximum absolute atomic E-state index is 8.94. The summed E-state index contributed by atoms with van der Waals surface area (Å²) in [6, 6.07) is 2.04. The fourth-order valence-electron chi connectivity index (χ4n) is 1.52. The summed E-state index contributed by atoms with van der Waals surface area (Å²) >= 11 is 0. The van der Waals surface area contributed by atoms with E-state index in [1.807, 2.05) is 13.0 Å². The Labute approximate surface area is 67.5 Å². The number of rotatable bonds is 2. The first-order valence-corrected chi connectivity index (χ1v) is 3.97. The van der Waals surface area contributed by atoms with Crippen molar-refractivity contribution in [1.29, 1.82) is 0 Å². The van der Waals surface area contributed by atoms with Crippen LogP contribution in [0.15, 0.2) is 6.07 Å². The van der Waals surface area contributed by atoms with E-state index in [0.717, 1.165) is 12.1 Å². The molecule has 0 amide bonds. The predicted molar refractivity (Wildman–Crippen MR) is 45.5 cm³/mol. The van der Waals surface area contributed by atoms with Gasteiger partial charge in [0.15, 0.2) is 0 Å². The number of aliphatic hydroxyl groups excluding tert-OH is 1. The highest BCUT2D eigenvalue weighted by atomic mass is 16.3. The minimum Gasteiger partial charge on any atom is -0.392 e. The molecule has 11 heavy (non-hydrogen) atoms. The van der Waals surface area contributed by atoms with E-state index < -0.39 is 0 Å². The first kappa shape index (κ1) is 8.34. The van der Waals surface area contributed by atoms with Gasteiger partial charge in [-0.25, -0.2) is 0 Å². The van der Waals surface area contributed by atoms with Crippen molar-refractivity contribution in [3.05, 3.63) is 23.0 Å².